The van der Waals surface area contributed by atoms with Crippen LogP contribution in [0.1, 0.15) is 25.3 Å². The van der Waals surface area contributed by atoms with E-state index >= 15 is 0 Å². The largest absolute Gasteiger partial charge is 0.480 e. The monoisotopic (exact) mass is 376 g/mol. The molecule has 0 unspecified atom stereocenters. The topological polar surface area (TPSA) is 77.9 Å². The van der Waals surface area contributed by atoms with E-state index in [0.29, 0.717) is 25.9 Å². The van der Waals surface area contributed by atoms with Crippen LogP contribution >= 0.6 is 0 Å². The van der Waals surface area contributed by atoms with Crippen LogP contribution in [0.25, 0.3) is 0 Å². The van der Waals surface area contributed by atoms with E-state index < -0.39 is 27.6 Å². The van der Waals surface area contributed by atoms with Gasteiger partial charge in [-0.2, -0.15) is 0 Å². The van der Waals surface area contributed by atoms with E-state index in [9.17, 15) is 22.0 Å². The molecule has 25 heavy (non-hydrogen) atoms. The molecule has 0 saturated carbocycles. The standard InChI is InChI=1S/C16H22F2N2O4S/c1-2-25(23,24)20-7-5-14(6-8-20)19(11-16(21)22)10-12-3-4-13(17)9-15(12)18/h3-4,9,14H,2,5-8,10-11H2,1H3,(H,21,22). The highest BCUT2D eigenvalue weighted by Gasteiger charge is 2.30. The van der Waals surface area contributed by atoms with Crippen LogP contribution in [0.4, 0.5) is 8.78 Å². The summed E-state index contributed by atoms with van der Waals surface area (Å²) in [5.74, 6) is -2.44. The van der Waals surface area contributed by atoms with Gasteiger partial charge in [-0.1, -0.05) is 6.07 Å². The summed E-state index contributed by atoms with van der Waals surface area (Å²) in [5.41, 5.74) is 0.214. The first kappa shape index (κ1) is 19.7. The summed E-state index contributed by atoms with van der Waals surface area (Å²) in [6.07, 6.45) is 0.935. The maximum Gasteiger partial charge on any atom is 0.317 e. The van der Waals surface area contributed by atoms with Gasteiger partial charge in [-0.25, -0.2) is 21.5 Å². The normalized spacial score (nSPS) is 17.1. The second-order valence-corrected chi connectivity index (χ2v) is 8.32. The predicted molar refractivity (Wildman–Crippen MR) is 88.5 cm³/mol. The Bertz CT molecular complexity index is 719. The van der Waals surface area contributed by atoms with Gasteiger partial charge in [0.25, 0.3) is 0 Å². The Morgan fingerprint density at radius 1 is 1.32 bits per heavy atom. The Morgan fingerprint density at radius 3 is 2.48 bits per heavy atom. The van der Waals surface area contributed by atoms with Gasteiger partial charge in [-0.3, -0.25) is 9.69 Å². The summed E-state index contributed by atoms with van der Waals surface area (Å²) in [7, 11) is -3.27. The smallest absolute Gasteiger partial charge is 0.317 e. The Kier molecular flexibility index (Phi) is 6.47. The number of halogens is 2. The van der Waals surface area contributed by atoms with Gasteiger partial charge in [0.1, 0.15) is 11.6 Å². The third kappa shape index (κ3) is 5.20. The summed E-state index contributed by atoms with van der Waals surface area (Å²) in [6.45, 7) is 1.94. The minimum absolute atomic E-state index is 0.0251. The first-order valence-electron chi connectivity index (χ1n) is 8.10. The van der Waals surface area contributed by atoms with Crippen molar-refractivity contribution in [1.82, 2.24) is 9.21 Å². The third-order valence-electron chi connectivity index (χ3n) is 4.42. The maximum atomic E-state index is 13.9. The summed E-state index contributed by atoms with van der Waals surface area (Å²) in [6, 6.07) is 3.03. The van der Waals surface area contributed by atoms with E-state index in [1.165, 1.54) is 10.4 Å². The molecule has 0 bridgehead atoms. The summed E-state index contributed by atoms with van der Waals surface area (Å²) < 4.78 is 52.1. The molecule has 6 nitrogen and oxygen atoms in total. The maximum absolute atomic E-state index is 13.9. The van der Waals surface area contributed by atoms with E-state index in [0.717, 1.165) is 12.1 Å². The molecule has 1 aliphatic heterocycles. The minimum atomic E-state index is -3.27. The zero-order valence-corrected chi connectivity index (χ0v) is 14.8. The van der Waals surface area contributed by atoms with Crippen molar-refractivity contribution >= 4 is 16.0 Å². The van der Waals surface area contributed by atoms with E-state index in [-0.39, 0.29) is 30.4 Å². The van der Waals surface area contributed by atoms with Gasteiger partial charge in [-0.15, -0.1) is 0 Å². The lowest BCUT2D eigenvalue weighted by Gasteiger charge is -2.37. The molecule has 1 fully saturated rings. The molecule has 1 heterocycles. The number of rotatable bonds is 7. The highest BCUT2D eigenvalue weighted by molar-refractivity contribution is 7.89. The van der Waals surface area contributed by atoms with Crippen LogP contribution in [0, 0.1) is 11.6 Å². The number of benzene rings is 1. The molecular formula is C16H22F2N2O4S. The molecule has 0 radical (unpaired) electrons. The number of carboxylic acids is 1. The Balaban J connectivity index is 2.09. The van der Waals surface area contributed by atoms with Crippen molar-refractivity contribution in [2.24, 2.45) is 0 Å². The number of aliphatic carboxylic acids is 1. The molecule has 0 spiro atoms. The van der Waals surface area contributed by atoms with Gasteiger partial charge in [0.05, 0.1) is 12.3 Å². The number of nitrogens with zero attached hydrogens (tertiary/aromatic N) is 2. The van der Waals surface area contributed by atoms with Crippen molar-refractivity contribution in [2.45, 2.75) is 32.4 Å². The molecule has 1 aliphatic rings. The van der Waals surface area contributed by atoms with Crippen molar-refractivity contribution < 1.29 is 27.1 Å². The van der Waals surface area contributed by atoms with Crippen LogP contribution in [-0.4, -0.2) is 60.1 Å². The predicted octanol–water partition coefficient (Wildman–Crippen LogP) is 1.67. The number of sulfonamides is 1. The van der Waals surface area contributed by atoms with Crippen LogP contribution in [0.15, 0.2) is 18.2 Å². The molecule has 2 rings (SSSR count). The van der Waals surface area contributed by atoms with Gasteiger partial charge in [-0.05, 0) is 25.8 Å². The van der Waals surface area contributed by atoms with Crippen LogP contribution in [-0.2, 0) is 21.4 Å². The van der Waals surface area contributed by atoms with Crippen molar-refractivity contribution in [3.05, 3.63) is 35.4 Å². The molecule has 0 aromatic heterocycles. The molecular weight excluding hydrogens is 354 g/mol. The Labute approximate surface area is 146 Å². The van der Waals surface area contributed by atoms with Gasteiger partial charge in [0.2, 0.25) is 10.0 Å². The Hall–Kier alpha value is -1.58. The van der Waals surface area contributed by atoms with Crippen molar-refractivity contribution in [3.8, 4) is 0 Å². The molecule has 1 aromatic rings. The first-order valence-corrected chi connectivity index (χ1v) is 9.71. The van der Waals surface area contributed by atoms with E-state index in [4.69, 9.17) is 5.11 Å². The minimum Gasteiger partial charge on any atom is -0.480 e. The van der Waals surface area contributed by atoms with Crippen LogP contribution in [0.5, 0.6) is 0 Å². The number of piperidine rings is 1. The van der Waals surface area contributed by atoms with Crippen LogP contribution < -0.4 is 0 Å². The molecule has 140 valence electrons. The average molecular weight is 376 g/mol. The zero-order valence-electron chi connectivity index (χ0n) is 14.0. The zero-order chi connectivity index (χ0) is 18.6. The van der Waals surface area contributed by atoms with Crippen molar-refractivity contribution in [1.29, 1.82) is 0 Å². The molecule has 1 N–H and O–H groups in total. The highest BCUT2D eigenvalue weighted by atomic mass is 32.2. The lowest BCUT2D eigenvalue weighted by molar-refractivity contribution is -0.139. The second kappa shape index (κ2) is 8.20. The van der Waals surface area contributed by atoms with E-state index in [1.54, 1.807) is 11.8 Å². The second-order valence-electron chi connectivity index (χ2n) is 6.07. The quantitative estimate of drug-likeness (QED) is 0.783. The lowest BCUT2D eigenvalue weighted by Crippen LogP contribution is -2.48. The van der Waals surface area contributed by atoms with E-state index in [1.807, 2.05) is 0 Å². The SMILES string of the molecule is CCS(=O)(=O)N1CCC(N(CC(=O)O)Cc2ccc(F)cc2F)CC1. The van der Waals surface area contributed by atoms with Gasteiger partial charge in [0.15, 0.2) is 0 Å². The summed E-state index contributed by atoms with van der Waals surface area (Å²) >= 11 is 0. The van der Waals surface area contributed by atoms with Crippen molar-refractivity contribution in [2.75, 3.05) is 25.4 Å². The average Bonchev–Trinajstić information content (AvgIpc) is 2.56. The molecule has 1 saturated heterocycles. The molecule has 1 aromatic carbocycles. The third-order valence-corrected chi connectivity index (χ3v) is 6.31. The first-order chi connectivity index (χ1) is 11.7. The summed E-state index contributed by atoms with van der Waals surface area (Å²) in [5, 5.41) is 9.12. The molecule has 0 amide bonds. The fourth-order valence-corrected chi connectivity index (χ4v) is 4.16. The van der Waals surface area contributed by atoms with E-state index in [2.05, 4.69) is 0 Å². The number of hydrogen-bond acceptors (Lipinski definition) is 4. The van der Waals surface area contributed by atoms with Crippen LogP contribution in [0.2, 0.25) is 0 Å². The highest BCUT2D eigenvalue weighted by Crippen LogP contribution is 2.22. The molecule has 9 heteroatoms. The van der Waals surface area contributed by atoms with Gasteiger partial charge < -0.3 is 5.11 Å². The number of carboxylic acid groups (broad SMARTS) is 1. The fraction of sp³-hybridized carbons (Fsp3) is 0.562. The number of hydrogen-bond donors (Lipinski definition) is 1. The lowest BCUT2D eigenvalue weighted by atomic mass is 10.0. The fourth-order valence-electron chi connectivity index (χ4n) is 3.02. The van der Waals surface area contributed by atoms with Gasteiger partial charge in [0, 0.05) is 37.3 Å². The molecule has 0 aliphatic carbocycles. The van der Waals surface area contributed by atoms with Crippen molar-refractivity contribution in [3.63, 3.8) is 0 Å². The number of carbonyl (C=O) groups is 1. The Morgan fingerprint density at radius 2 is 1.96 bits per heavy atom. The molecule has 0 atom stereocenters. The van der Waals surface area contributed by atoms with Crippen LogP contribution in [0.3, 0.4) is 0 Å². The van der Waals surface area contributed by atoms with Gasteiger partial charge >= 0.3 is 5.97 Å². The summed E-state index contributed by atoms with van der Waals surface area (Å²) in [4.78, 5) is 12.8.